The summed E-state index contributed by atoms with van der Waals surface area (Å²) in [5.41, 5.74) is 30.3. The van der Waals surface area contributed by atoms with E-state index in [1.54, 1.807) is 0 Å². The molecule has 0 spiro atoms. The molecule has 0 radical (unpaired) electrons. The van der Waals surface area contributed by atoms with Gasteiger partial charge in [0.15, 0.2) is 0 Å². The van der Waals surface area contributed by atoms with Gasteiger partial charge in [-0.15, -0.1) is 11.3 Å². The fourth-order valence-electron chi connectivity index (χ4n) is 16.6. The summed E-state index contributed by atoms with van der Waals surface area (Å²) in [7, 11) is 0. The maximum atomic E-state index is 7.78. The smallest absolute Gasteiger partial charge is 0.268 e. The van der Waals surface area contributed by atoms with Crippen molar-refractivity contribution >= 4 is 135 Å². The maximum Gasteiger partial charge on any atom is 0.268 e. The van der Waals surface area contributed by atoms with Crippen molar-refractivity contribution in [1.29, 1.82) is 0 Å². The van der Waals surface area contributed by atoms with Crippen LogP contribution in [0.25, 0.3) is 10.1 Å². The number of aryl methyl sites for hydroxylation is 6. The minimum atomic E-state index is -0.208. The number of rotatable bonds is 8. The number of hydrogen-bond donors (Lipinski definition) is 0. The second-order valence-corrected chi connectivity index (χ2v) is 30.9. The van der Waals surface area contributed by atoms with Crippen molar-refractivity contribution in [3.05, 3.63) is 262 Å². The van der Waals surface area contributed by atoms with Gasteiger partial charge in [0.1, 0.15) is 23.0 Å². The number of ether oxygens (including phenoxy) is 2. The second kappa shape index (κ2) is 21.4. The minimum Gasteiger partial charge on any atom is -0.458 e. The summed E-state index contributed by atoms with van der Waals surface area (Å²) in [5, 5.41) is 1.16. The second-order valence-electron chi connectivity index (χ2n) is 29.8. The van der Waals surface area contributed by atoms with Crippen LogP contribution in [-0.4, -0.2) is 13.4 Å². The highest BCUT2D eigenvalue weighted by Gasteiger charge is 2.50. The van der Waals surface area contributed by atoms with Gasteiger partial charge in [-0.2, -0.15) is 0 Å². The highest BCUT2D eigenvalue weighted by atomic mass is 32.1. The molecule has 466 valence electrons. The van der Waals surface area contributed by atoms with Crippen LogP contribution in [0.3, 0.4) is 0 Å². The summed E-state index contributed by atoms with van der Waals surface area (Å²) in [6.07, 6.45) is 2.20. The van der Waals surface area contributed by atoms with E-state index in [2.05, 4.69) is 322 Å². The fourth-order valence-corrected chi connectivity index (χ4v) is 17.9. The van der Waals surface area contributed by atoms with Crippen LogP contribution in [0, 0.1) is 41.5 Å². The predicted molar refractivity (Wildman–Crippen MR) is 405 cm³/mol. The molecule has 11 aromatic carbocycles. The van der Waals surface area contributed by atoms with E-state index < -0.39 is 0 Å². The summed E-state index contributed by atoms with van der Waals surface area (Å²) in [6, 6.07) is 80.2. The van der Waals surface area contributed by atoms with Gasteiger partial charge in [0.25, 0.3) is 13.4 Å². The Bertz CT molecular complexity index is 5160. The largest absolute Gasteiger partial charge is 0.458 e. The fraction of sp³-hybridized carbons (Fsp3) is 0.209. The Morgan fingerprint density at radius 1 is 0.421 bits per heavy atom. The molecule has 0 N–H and O–H groups in total. The molecule has 0 amide bonds. The number of anilines is 12. The third-order valence-electron chi connectivity index (χ3n) is 21.7. The van der Waals surface area contributed by atoms with Crippen LogP contribution in [0.2, 0.25) is 0 Å². The molecule has 5 heterocycles. The lowest BCUT2D eigenvalue weighted by Gasteiger charge is -2.46. The van der Waals surface area contributed by atoms with Crippen LogP contribution in [0.4, 0.5) is 68.2 Å². The van der Waals surface area contributed by atoms with Crippen LogP contribution in [0.15, 0.2) is 212 Å². The monoisotopic (exact) mass is 1250 g/mol. The third kappa shape index (κ3) is 9.12. The average Bonchev–Trinajstić information content (AvgIpc) is 1.51. The van der Waals surface area contributed by atoms with Gasteiger partial charge in [0, 0.05) is 72.5 Å². The third-order valence-corrected chi connectivity index (χ3v) is 22.9. The molecule has 0 atom stereocenters. The zero-order valence-corrected chi connectivity index (χ0v) is 57.6. The van der Waals surface area contributed by atoms with E-state index in [-0.39, 0.29) is 29.7 Å². The molecule has 9 heteroatoms. The van der Waals surface area contributed by atoms with Crippen molar-refractivity contribution in [2.24, 2.45) is 0 Å². The summed E-state index contributed by atoms with van der Waals surface area (Å²) < 4.78 is 18.0. The standard InChI is InChI=1S/C86H78B2N4O2S/c1-51-26-20-22-36-68(51)91(80-53(3)28-24-29-54(80)4)60-43-72-78-75(45-60)93-74-48-64-63(85(10,11)40-41-86(64,12)13)47-67(74)87(78)65-49-66-71(50-70(65)89(72)58-32-16-14-17-33-58)90(59-34-18-15-19-35-59)73-44-61(92(69-37-23-21-27-52(69)2)81-55(5)30-25-31-56(81)6)46-76-79(73)88(66)83-82(94-76)62-42-57(84(7,8)9)38-39-77(62)95-83/h14-39,42-50H,40-41H2,1-13H3. The SMILES string of the molecule is Cc1ccccc1N(c1cc2c3c(c1)N(c1ccccc1)c1cc4c(cc1B3c1cc3c(cc1O2)C(C)(C)CCC3(C)C)B1c2sc3ccc(C(C)(C)C)cc3c2Oc2cc(N(c3ccccc3C)c3c(C)cccc3C)cc(c21)N4c1ccccc1)c1c(C)cccc1C. The molecule has 17 rings (SSSR count). The highest BCUT2D eigenvalue weighted by molar-refractivity contribution is 7.33. The lowest BCUT2D eigenvalue weighted by atomic mass is 9.31. The van der Waals surface area contributed by atoms with Crippen molar-refractivity contribution in [3.63, 3.8) is 0 Å². The van der Waals surface area contributed by atoms with Gasteiger partial charge in [-0.3, -0.25) is 0 Å². The van der Waals surface area contributed by atoms with Crippen LogP contribution < -0.4 is 61.2 Å². The Morgan fingerprint density at radius 2 is 0.884 bits per heavy atom. The van der Waals surface area contributed by atoms with Crippen LogP contribution >= 0.6 is 11.3 Å². The van der Waals surface area contributed by atoms with E-state index in [0.717, 1.165) is 109 Å². The van der Waals surface area contributed by atoms with E-state index in [0.29, 0.717) is 0 Å². The highest BCUT2D eigenvalue weighted by Crippen LogP contribution is 2.54. The van der Waals surface area contributed by atoms with E-state index in [9.17, 15) is 0 Å². The van der Waals surface area contributed by atoms with Crippen molar-refractivity contribution in [2.45, 2.75) is 119 Å². The van der Waals surface area contributed by atoms with E-state index >= 15 is 0 Å². The molecular weight excluding hydrogens is 1170 g/mol. The topological polar surface area (TPSA) is 31.4 Å². The number of para-hydroxylation sites is 6. The number of fused-ring (bicyclic) bond motifs is 11. The van der Waals surface area contributed by atoms with Gasteiger partial charge in [-0.1, -0.05) is 176 Å². The summed E-state index contributed by atoms with van der Waals surface area (Å²) in [6.45, 7) is 29.8. The van der Waals surface area contributed by atoms with Gasteiger partial charge in [0.2, 0.25) is 0 Å². The minimum absolute atomic E-state index is 0.0472. The quantitative estimate of drug-likeness (QED) is 0.141. The summed E-state index contributed by atoms with van der Waals surface area (Å²) >= 11 is 1.89. The molecular formula is C86H78B2N4O2S. The lowest BCUT2D eigenvalue weighted by Crippen LogP contribution is -2.63. The van der Waals surface area contributed by atoms with Gasteiger partial charge in [0.05, 0.1) is 22.7 Å². The molecule has 0 saturated heterocycles. The molecule has 1 aliphatic carbocycles. The number of hydrogen-bond acceptors (Lipinski definition) is 7. The van der Waals surface area contributed by atoms with Gasteiger partial charge in [-0.25, -0.2) is 0 Å². The van der Waals surface area contributed by atoms with Crippen LogP contribution in [-0.2, 0) is 16.2 Å². The van der Waals surface area contributed by atoms with Gasteiger partial charge < -0.3 is 29.1 Å². The normalized spacial score (nSPS) is 15.0. The maximum absolute atomic E-state index is 7.78. The molecule has 4 aliphatic heterocycles. The van der Waals surface area contributed by atoms with Crippen molar-refractivity contribution in [1.82, 2.24) is 0 Å². The lowest BCUT2D eigenvalue weighted by molar-refractivity contribution is 0.330. The van der Waals surface area contributed by atoms with E-state index in [1.807, 2.05) is 11.3 Å². The molecule has 5 aliphatic rings. The van der Waals surface area contributed by atoms with Gasteiger partial charge in [-0.05, 0) is 221 Å². The zero-order valence-electron chi connectivity index (χ0n) is 56.8. The predicted octanol–water partition coefficient (Wildman–Crippen LogP) is 20.1. The molecule has 0 bridgehead atoms. The van der Waals surface area contributed by atoms with Crippen LogP contribution in [0.1, 0.15) is 111 Å². The first-order valence-corrected chi connectivity index (χ1v) is 34.7. The molecule has 0 fully saturated rings. The van der Waals surface area contributed by atoms with Crippen molar-refractivity contribution in [3.8, 4) is 23.0 Å². The first-order valence-electron chi connectivity index (χ1n) is 33.9. The Morgan fingerprint density at radius 3 is 1.40 bits per heavy atom. The molecule has 12 aromatic rings. The molecule has 0 unspecified atom stereocenters. The van der Waals surface area contributed by atoms with E-state index in [4.69, 9.17) is 9.47 Å². The van der Waals surface area contributed by atoms with E-state index in [1.165, 1.54) is 86.9 Å². The molecule has 0 saturated carbocycles. The average molecular weight is 1250 g/mol. The molecule has 6 nitrogen and oxygen atoms in total. The van der Waals surface area contributed by atoms with Crippen molar-refractivity contribution < 1.29 is 9.47 Å². The number of nitrogens with zero attached hydrogens (tertiary/aromatic N) is 4. The Hall–Kier alpha value is -9.69. The first kappa shape index (κ1) is 59.1. The summed E-state index contributed by atoms with van der Waals surface area (Å²) in [4.78, 5) is 10.1. The zero-order chi connectivity index (χ0) is 65.3. The number of thiophene rings is 1. The van der Waals surface area contributed by atoms with Gasteiger partial charge >= 0.3 is 0 Å². The molecule has 95 heavy (non-hydrogen) atoms. The Balaban J connectivity index is 1.01. The Labute approximate surface area is 565 Å². The van der Waals surface area contributed by atoms with Crippen molar-refractivity contribution in [2.75, 3.05) is 19.6 Å². The first-order chi connectivity index (χ1) is 45.7. The summed E-state index contributed by atoms with van der Waals surface area (Å²) in [5.74, 6) is 3.62. The van der Waals surface area contributed by atoms with Crippen LogP contribution in [0.5, 0.6) is 23.0 Å². The Kier molecular flexibility index (Phi) is 13.3. The number of benzene rings is 11. The molecule has 1 aromatic heterocycles.